The third kappa shape index (κ3) is 2.84. The highest BCUT2D eigenvalue weighted by atomic mass is 19.1. The zero-order chi connectivity index (χ0) is 12.1. The van der Waals surface area contributed by atoms with E-state index in [0.29, 0.717) is 0 Å². The highest BCUT2D eigenvalue weighted by molar-refractivity contribution is 5.97. The van der Waals surface area contributed by atoms with E-state index in [1.54, 1.807) is 0 Å². The van der Waals surface area contributed by atoms with Gasteiger partial charge in [-0.2, -0.15) is 0 Å². The number of nitrogens with one attached hydrogen (secondary N) is 1. The standard InChI is InChI=1S/C9H10FN3O3/c10-7-3-5(14)1-2-6(7)9(15)12-4-8(11)13-16/h1-3,14,16H,4H2,(H2,11,13)(H,12,15). The molecule has 0 radical (unpaired) electrons. The molecule has 0 unspecified atom stereocenters. The summed E-state index contributed by atoms with van der Waals surface area (Å²) in [5, 5.41) is 22.0. The van der Waals surface area contributed by atoms with E-state index in [0.717, 1.165) is 12.1 Å². The quantitative estimate of drug-likeness (QED) is 0.252. The first-order valence-corrected chi connectivity index (χ1v) is 4.27. The summed E-state index contributed by atoms with van der Waals surface area (Å²) in [6.07, 6.45) is 0. The van der Waals surface area contributed by atoms with Crippen molar-refractivity contribution in [3.63, 3.8) is 0 Å². The number of halogens is 1. The minimum Gasteiger partial charge on any atom is -0.508 e. The molecule has 7 heteroatoms. The van der Waals surface area contributed by atoms with Crippen molar-refractivity contribution in [2.45, 2.75) is 0 Å². The predicted molar refractivity (Wildman–Crippen MR) is 53.8 cm³/mol. The highest BCUT2D eigenvalue weighted by Gasteiger charge is 2.11. The predicted octanol–water partition coefficient (Wildman–Crippen LogP) is 0.00750. The van der Waals surface area contributed by atoms with Gasteiger partial charge in [-0.1, -0.05) is 5.16 Å². The van der Waals surface area contributed by atoms with E-state index >= 15 is 0 Å². The second-order valence-electron chi connectivity index (χ2n) is 2.94. The van der Waals surface area contributed by atoms with Gasteiger partial charge in [-0.3, -0.25) is 4.79 Å². The number of hydrogen-bond acceptors (Lipinski definition) is 4. The molecule has 0 aliphatic heterocycles. The number of nitrogens with zero attached hydrogens (tertiary/aromatic N) is 1. The van der Waals surface area contributed by atoms with Crippen molar-refractivity contribution in [2.24, 2.45) is 10.9 Å². The summed E-state index contributed by atoms with van der Waals surface area (Å²) < 4.78 is 13.2. The van der Waals surface area contributed by atoms with Crippen molar-refractivity contribution in [2.75, 3.05) is 6.54 Å². The van der Waals surface area contributed by atoms with Crippen LogP contribution in [0.4, 0.5) is 4.39 Å². The zero-order valence-electron chi connectivity index (χ0n) is 8.14. The molecule has 6 nitrogen and oxygen atoms in total. The summed E-state index contributed by atoms with van der Waals surface area (Å²) in [5.41, 5.74) is 4.88. The molecule has 0 spiro atoms. The van der Waals surface area contributed by atoms with Crippen molar-refractivity contribution in [3.05, 3.63) is 29.6 Å². The number of phenols is 1. The lowest BCUT2D eigenvalue weighted by molar-refractivity contribution is 0.0955. The molecule has 0 aliphatic carbocycles. The minimum atomic E-state index is -0.850. The second kappa shape index (κ2) is 4.96. The molecule has 0 aliphatic rings. The van der Waals surface area contributed by atoms with Gasteiger partial charge in [-0.15, -0.1) is 0 Å². The molecule has 0 atom stereocenters. The molecule has 0 heterocycles. The largest absolute Gasteiger partial charge is 0.508 e. The number of carbonyl (C=O) groups excluding carboxylic acids is 1. The first kappa shape index (κ1) is 11.8. The fourth-order valence-electron chi connectivity index (χ4n) is 0.990. The van der Waals surface area contributed by atoms with Crippen molar-refractivity contribution >= 4 is 11.7 Å². The lowest BCUT2D eigenvalue weighted by Crippen LogP contribution is -2.33. The van der Waals surface area contributed by atoms with Gasteiger partial charge in [-0.25, -0.2) is 4.39 Å². The Morgan fingerprint density at radius 3 is 2.81 bits per heavy atom. The van der Waals surface area contributed by atoms with E-state index in [4.69, 9.17) is 16.0 Å². The Morgan fingerprint density at radius 1 is 1.56 bits per heavy atom. The smallest absolute Gasteiger partial charge is 0.254 e. The summed E-state index contributed by atoms with van der Waals surface area (Å²) in [5.74, 6) is -2.04. The van der Waals surface area contributed by atoms with Gasteiger partial charge in [0.05, 0.1) is 12.1 Å². The van der Waals surface area contributed by atoms with Gasteiger partial charge < -0.3 is 21.4 Å². The number of rotatable bonds is 3. The van der Waals surface area contributed by atoms with Crippen molar-refractivity contribution in [1.29, 1.82) is 0 Å². The van der Waals surface area contributed by atoms with Crippen LogP contribution < -0.4 is 11.1 Å². The van der Waals surface area contributed by atoms with E-state index in [1.807, 2.05) is 0 Å². The minimum absolute atomic E-state index is 0.199. The second-order valence-corrected chi connectivity index (χ2v) is 2.94. The number of benzene rings is 1. The van der Waals surface area contributed by atoms with Gasteiger partial charge in [0, 0.05) is 6.07 Å². The number of amidine groups is 1. The van der Waals surface area contributed by atoms with Crippen LogP contribution >= 0.6 is 0 Å². The summed E-state index contributed by atoms with van der Waals surface area (Å²) in [6, 6.07) is 3.13. The average Bonchev–Trinajstić information content (AvgIpc) is 2.25. The summed E-state index contributed by atoms with van der Waals surface area (Å²) >= 11 is 0. The van der Waals surface area contributed by atoms with Crippen LogP contribution in [0.5, 0.6) is 5.75 Å². The first-order valence-electron chi connectivity index (χ1n) is 4.27. The third-order valence-electron chi connectivity index (χ3n) is 1.76. The van der Waals surface area contributed by atoms with Gasteiger partial charge in [0.25, 0.3) is 5.91 Å². The maximum absolute atomic E-state index is 13.2. The molecule has 0 saturated heterocycles. The first-order chi connectivity index (χ1) is 7.54. The topological polar surface area (TPSA) is 108 Å². The average molecular weight is 227 g/mol. The third-order valence-corrected chi connectivity index (χ3v) is 1.76. The molecule has 1 amide bonds. The van der Waals surface area contributed by atoms with Crippen LogP contribution in [-0.4, -0.2) is 28.6 Å². The SMILES string of the molecule is N/C(CNC(=O)c1ccc(O)cc1F)=N/O. The Morgan fingerprint density at radius 2 is 2.25 bits per heavy atom. The van der Waals surface area contributed by atoms with Crippen LogP contribution in [0.3, 0.4) is 0 Å². The van der Waals surface area contributed by atoms with Crippen LogP contribution in [0.15, 0.2) is 23.4 Å². The summed E-state index contributed by atoms with van der Waals surface area (Å²) in [6.45, 7) is -0.199. The Kier molecular flexibility index (Phi) is 3.65. The molecular weight excluding hydrogens is 217 g/mol. The Bertz CT molecular complexity index is 434. The van der Waals surface area contributed by atoms with Crippen LogP contribution in [0.25, 0.3) is 0 Å². The van der Waals surface area contributed by atoms with E-state index < -0.39 is 11.7 Å². The molecule has 0 fully saturated rings. The molecule has 5 N–H and O–H groups in total. The molecular formula is C9H10FN3O3. The molecule has 0 bridgehead atoms. The highest BCUT2D eigenvalue weighted by Crippen LogP contribution is 2.14. The number of oxime groups is 1. The van der Waals surface area contributed by atoms with Gasteiger partial charge in [0.2, 0.25) is 0 Å². The molecule has 1 aromatic carbocycles. The van der Waals surface area contributed by atoms with E-state index in [-0.39, 0.29) is 23.7 Å². The molecule has 16 heavy (non-hydrogen) atoms. The molecule has 0 saturated carbocycles. The number of aromatic hydroxyl groups is 1. The Balaban J connectivity index is 2.74. The normalized spacial score (nSPS) is 11.2. The zero-order valence-corrected chi connectivity index (χ0v) is 8.14. The number of amides is 1. The lowest BCUT2D eigenvalue weighted by atomic mass is 10.2. The van der Waals surface area contributed by atoms with Gasteiger partial charge in [0.1, 0.15) is 11.6 Å². The fraction of sp³-hybridized carbons (Fsp3) is 0.111. The van der Waals surface area contributed by atoms with Crippen LogP contribution in [0.2, 0.25) is 0 Å². The summed E-state index contributed by atoms with van der Waals surface area (Å²) in [7, 11) is 0. The number of nitrogens with two attached hydrogens (primary N) is 1. The van der Waals surface area contributed by atoms with Crippen LogP contribution in [0, 0.1) is 5.82 Å². The van der Waals surface area contributed by atoms with E-state index in [1.165, 1.54) is 6.07 Å². The number of phenolic OH excluding ortho intramolecular Hbond substituents is 1. The van der Waals surface area contributed by atoms with Crippen molar-refractivity contribution in [3.8, 4) is 5.75 Å². The van der Waals surface area contributed by atoms with Gasteiger partial charge in [-0.05, 0) is 12.1 Å². The lowest BCUT2D eigenvalue weighted by Gasteiger charge is -2.05. The number of carbonyl (C=O) groups is 1. The molecule has 86 valence electrons. The molecule has 0 aromatic heterocycles. The van der Waals surface area contributed by atoms with Crippen LogP contribution in [0.1, 0.15) is 10.4 Å². The van der Waals surface area contributed by atoms with Crippen molar-refractivity contribution < 1.29 is 19.5 Å². The van der Waals surface area contributed by atoms with E-state index in [2.05, 4.69) is 10.5 Å². The number of hydrogen-bond donors (Lipinski definition) is 4. The van der Waals surface area contributed by atoms with Gasteiger partial charge in [0.15, 0.2) is 5.84 Å². The molecule has 1 aromatic rings. The van der Waals surface area contributed by atoms with Crippen LogP contribution in [-0.2, 0) is 0 Å². The van der Waals surface area contributed by atoms with E-state index in [9.17, 15) is 9.18 Å². The Labute approximate surface area is 90.2 Å². The fourth-order valence-corrected chi connectivity index (χ4v) is 0.990. The van der Waals surface area contributed by atoms with Gasteiger partial charge >= 0.3 is 0 Å². The monoisotopic (exact) mass is 227 g/mol. The summed E-state index contributed by atoms with van der Waals surface area (Å²) in [4.78, 5) is 11.4. The molecule has 1 rings (SSSR count). The Hall–Kier alpha value is -2.31. The maximum Gasteiger partial charge on any atom is 0.254 e. The van der Waals surface area contributed by atoms with Crippen molar-refractivity contribution in [1.82, 2.24) is 5.32 Å². The maximum atomic E-state index is 13.2.